The van der Waals surface area contributed by atoms with Crippen molar-refractivity contribution in [2.45, 2.75) is 50.6 Å². The molecule has 0 amide bonds. The largest absolute Gasteiger partial charge is 0.481 e. The van der Waals surface area contributed by atoms with Gasteiger partial charge >= 0.3 is 0 Å². The second-order valence-corrected chi connectivity index (χ2v) is 6.38. The summed E-state index contributed by atoms with van der Waals surface area (Å²) >= 11 is 0. The van der Waals surface area contributed by atoms with Crippen LogP contribution in [0.25, 0.3) is 0 Å². The van der Waals surface area contributed by atoms with E-state index < -0.39 is 0 Å². The van der Waals surface area contributed by atoms with Crippen molar-refractivity contribution in [3.05, 3.63) is 23.9 Å². The maximum atomic E-state index is 6.13. The fourth-order valence-electron chi connectivity index (χ4n) is 4.22. The number of ether oxygens (including phenoxy) is 1. The van der Waals surface area contributed by atoms with Crippen molar-refractivity contribution >= 4 is 0 Å². The zero-order chi connectivity index (χ0) is 14.7. The third kappa shape index (κ3) is 3.06. The van der Waals surface area contributed by atoms with Crippen LogP contribution in [0, 0.1) is 5.92 Å². The minimum Gasteiger partial charge on any atom is -0.481 e. The van der Waals surface area contributed by atoms with Gasteiger partial charge in [-0.05, 0) is 43.7 Å². The number of piperidine rings is 1. The Balaban J connectivity index is 1.80. The lowest BCUT2D eigenvalue weighted by Gasteiger charge is -2.47. The molecule has 0 spiro atoms. The fraction of sp³-hybridized carbons (Fsp3) is 0.706. The van der Waals surface area contributed by atoms with Crippen molar-refractivity contribution < 1.29 is 4.74 Å². The molecule has 1 aliphatic carbocycles. The Morgan fingerprint density at radius 2 is 2.10 bits per heavy atom. The van der Waals surface area contributed by atoms with Crippen LogP contribution in [0.5, 0.6) is 5.88 Å². The summed E-state index contributed by atoms with van der Waals surface area (Å²) in [6.07, 6.45) is 10.2. The van der Waals surface area contributed by atoms with Gasteiger partial charge in [0.25, 0.3) is 0 Å². The first-order valence-electron chi connectivity index (χ1n) is 8.29. The molecule has 0 bridgehead atoms. The molecule has 1 aromatic heterocycles. The summed E-state index contributed by atoms with van der Waals surface area (Å²) in [5.41, 5.74) is 7.35. The molecule has 2 fully saturated rings. The molecular formula is C17H27N3O. The van der Waals surface area contributed by atoms with Crippen molar-refractivity contribution in [2.75, 3.05) is 20.2 Å². The summed E-state index contributed by atoms with van der Waals surface area (Å²) in [6, 6.07) is 5.09. The number of methoxy groups -OCH3 is 1. The van der Waals surface area contributed by atoms with Crippen LogP contribution in [0.2, 0.25) is 0 Å². The number of hydrogen-bond acceptors (Lipinski definition) is 4. The van der Waals surface area contributed by atoms with Crippen LogP contribution in [-0.4, -0.2) is 36.1 Å². The van der Waals surface area contributed by atoms with Crippen LogP contribution in [0.1, 0.15) is 50.1 Å². The van der Waals surface area contributed by atoms with E-state index >= 15 is 0 Å². The van der Waals surface area contributed by atoms with Gasteiger partial charge in [0.1, 0.15) is 0 Å². The van der Waals surface area contributed by atoms with Gasteiger partial charge in [0.2, 0.25) is 5.88 Å². The van der Waals surface area contributed by atoms with Gasteiger partial charge in [-0.2, -0.15) is 0 Å². The van der Waals surface area contributed by atoms with E-state index in [4.69, 9.17) is 10.5 Å². The van der Waals surface area contributed by atoms with Crippen molar-refractivity contribution in [3.8, 4) is 5.88 Å². The van der Waals surface area contributed by atoms with Crippen molar-refractivity contribution in [1.29, 1.82) is 0 Å². The first kappa shape index (κ1) is 14.8. The van der Waals surface area contributed by atoms with Gasteiger partial charge in [0.15, 0.2) is 0 Å². The highest BCUT2D eigenvalue weighted by Crippen LogP contribution is 2.39. The molecule has 0 aromatic carbocycles. The van der Waals surface area contributed by atoms with E-state index in [-0.39, 0.29) is 0 Å². The average Bonchev–Trinajstić information content (AvgIpc) is 2.56. The van der Waals surface area contributed by atoms with Gasteiger partial charge in [0.05, 0.1) is 7.11 Å². The van der Waals surface area contributed by atoms with Crippen molar-refractivity contribution in [2.24, 2.45) is 11.7 Å². The molecule has 2 aliphatic rings. The number of rotatable bonds is 4. The Hall–Kier alpha value is -1.13. The molecule has 1 saturated heterocycles. The molecular weight excluding hydrogens is 262 g/mol. The summed E-state index contributed by atoms with van der Waals surface area (Å²) in [5.74, 6) is 1.55. The zero-order valence-corrected chi connectivity index (χ0v) is 13.0. The molecule has 1 aliphatic heterocycles. The standard InChI is InChI=1S/C17H27N3O/c1-21-17-9-8-14(12-19-17)16(11-18)20-10-4-6-13-5-2-3-7-15(13)20/h8-9,12-13,15-16H,2-7,10-11,18H2,1H3/t13-,15-,16?/m1/s1. The van der Waals surface area contributed by atoms with Gasteiger partial charge in [-0.1, -0.05) is 18.9 Å². The summed E-state index contributed by atoms with van der Waals surface area (Å²) < 4.78 is 5.16. The Morgan fingerprint density at radius 1 is 1.29 bits per heavy atom. The minimum absolute atomic E-state index is 0.300. The topological polar surface area (TPSA) is 51.4 Å². The predicted octanol–water partition coefficient (Wildman–Crippen LogP) is 2.74. The smallest absolute Gasteiger partial charge is 0.212 e. The van der Waals surface area contributed by atoms with Gasteiger partial charge in [-0.25, -0.2) is 4.98 Å². The lowest BCUT2D eigenvalue weighted by molar-refractivity contribution is 0.0275. The van der Waals surface area contributed by atoms with E-state index in [0.717, 1.165) is 12.0 Å². The van der Waals surface area contributed by atoms with Gasteiger partial charge in [-0.15, -0.1) is 0 Å². The van der Waals surface area contributed by atoms with E-state index in [1.165, 1.54) is 50.6 Å². The molecule has 1 unspecified atom stereocenters. The second-order valence-electron chi connectivity index (χ2n) is 6.38. The molecule has 1 saturated carbocycles. The lowest BCUT2D eigenvalue weighted by atomic mass is 9.77. The SMILES string of the molecule is COc1ccc(C(CN)N2CCC[C@H]3CCCC[C@H]32)cn1. The fourth-order valence-corrected chi connectivity index (χ4v) is 4.22. The third-order valence-corrected chi connectivity index (χ3v) is 5.26. The summed E-state index contributed by atoms with van der Waals surface area (Å²) in [6.45, 7) is 1.84. The predicted molar refractivity (Wildman–Crippen MR) is 84.3 cm³/mol. The first-order valence-corrected chi connectivity index (χ1v) is 8.29. The van der Waals surface area contributed by atoms with Crippen molar-refractivity contribution in [3.63, 3.8) is 0 Å². The molecule has 116 valence electrons. The highest BCUT2D eigenvalue weighted by Gasteiger charge is 2.36. The molecule has 3 rings (SSSR count). The number of nitrogens with zero attached hydrogens (tertiary/aromatic N) is 2. The quantitative estimate of drug-likeness (QED) is 0.926. The van der Waals surface area contributed by atoms with E-state index in [2.05, 4.69) is 16.0 Å². The third-order valence-electron chi connectivity index (χ3n) is 5.26. The first-order chi connectivity index (χ1) is 10.3. The summed E-state index contributed by atoms with van der Waals surface area (Å²) in [4.78, 5) is 7.02. The molecule has 1 aromatic rings. The Bertz CT molecular complexity index is 446. The van der Waals surface area contributed by atoms with Crippen LogP contribution >= 0.6 is 0 Å². The Kier molecular flexibility index (Phi) is 4.76. The highest BCUT2D eigenvalue weighted by molar-refractivity contribution is 5.21. The average molecular weight is 289 g/mol. The van der Waals surface area contributed by atoms with Crippen LogP contribution in [-0.2, 0) is 0 Å². The normalized spacial score (nSPS) is 27.9. The Labute approximate surface area is 127 Å². The molecule has 21 heavy (non-hydrogen) atoms. The van der Waals surface area contributed by atoms with E-state index in [1.54, 1.807) is 7.11 Å². The van der Waals surface area contributed by atoms with E-state index in [9.17, 15) is 0 Å². The minimum atomic E-state index is 0.300. The number of likely N-dealkylation sites (tertiary alicyclic amines) is 1. The summed E-state index contributed by atoms with van der Waals surface area (Å²) in [5, 5.41) is 0. The van der Waals surface area contributed by atoms with Crippen LogP contribution in [0.3, 0.4) is 0 Å². The molecule has 2 heterocycles. The van der Waals surface area contributed by atoms with Crippen LogP contribution in [0.4, 0.5) is 0 Å². The van der Waals surface area contributed by atoms with E-state index in [0.29, 0.717) is 18.5 Å². The lowest BCUT2D eigenvalue weighted by Crippen LogP contribution is -2.50. The number of nitrogens with two attached hydrogens (primary N) is 1. The van der Waals surface area contributed by atoms with Crippen molar-refractivity contribution in [1.82, 2.24) is 9.88 Å². The number of fused-ring (bicyclic) bond motifs is 1. The number of pyridine rings is 1. The molecule has 2 N–H and O–H groups in total. The second kappa shape index (κ2) is 6.75. The Morgan fingerprint density at radius 3 is 2.81 bits per heavy atom. The molecule has 4 nitrogen and oxygen atoms in total. The zero-order valence-electron chi connectivity index (χ0n) is 13.0. The van der Waals surface area contributed by atoms with Gasteiger partial charge < -0.3 is 10.5 Å². The highest BCUT2D eigenvalue weighted by atomic mass is 16.5. The van der Waals surface area contributed by atoms with Gasteiger partial charge in [0, 0.05) is 30.9 Å². The number of aromatic nitrogens is 1. The van der Waals surface area contributed by atoms with Gasteiger partial charge in [-0.3, -0.25) is 4.90 Å². The van der Waals surface area contributed by atoms with Crippen LogP contribution < -0.4 is 10.5 Å². The summed E-state index contributed by atoms with van der Waals surface area (Å²) in [7, 11) is 1.65. The maximum absolute atomic E-state index is 6.13. The molecule has 0 radical (unpaired) electrons. The monoisotopic (exact) mass is 289 g/mol. The maximum Gasteiger partial charge on any atom is 0.212 e. The van der Waals surface area contributed by atoms with E-state index in [1.807, 2.05) is 12.3 Å². The molecule has 3 atom stereocenters. The molecule has 4 heteroatoms. The van der Waals surface area contributed by atoms with Crippen LogP contribution in [0.15, 0.2) is 18.3 Å². The number of hydrogen-bond donors (Lipinski definition) is 1.